The number of hydrogen-bond acceptors (Lipinski definition) is 4. The molecule has 0 radical (unpaired) electrons. The van der Waals surface area contributed by atoms with Crippen LogP contribution in [0.1, 0.15) is 29.6 Å². The van der Waals surface area contributed by atoms with E-state index >= 15 is 0 Å². The molecule has 4 aromatic rings. The maximum Gasteiger partial charge on any atom is 0.259 e. The number of rotatable bonds is 3. The highest BCUT2D eigenvalue weighted by Gasteiger charge is 2.16. The number of anilines is 2. The van der Waals surface area contributed by atoms with Crippen molar-refractivity contribution in [3.63, 3.8) is 0 Å². The Bertz CT molecular complexity index is 1180. The topological polar surface area (TPSA) is 58.1 Å². The van der Waals surface area contributed by atoms with Crippen LogP contribution in [0.25, 0.3) is 21.7 Å². The van der Waals surface area contributed by atoms with Crippen molar-refractivity contribution in [3.8, 4) is 0 Å². The van der Waals surface area contributed by atoms with E-state index in [4.69, 9.17) is 0 Å². The van der Waals surface area contributed by atoms with E-state index in [0.717, 1.165) is 34.9 Å². The van der Waals surface area contributed by atoms with Crippen molar-refractivity contribution in [2.75, 3.05) is 23.3 Å². The summed E-state index contributed by atoms with van der Waals surface area (Å²) in [6.07, 6.45) is 7.31. The fourth-order valence-electron chi connectivity index (χ4n) is 4.09. The van der Waals surface area contributed by atoms with Crippen molar-refractivity contribution in [2.24, 2.45) is 0 Å². The number of nitrogens with one attached hydrogen (secondary N) is 1. The normalized spacial score (nSPS) is 14.3. The minimum Gasteiger partial charge on any atom is -0.370 e. The van der Waals surface area contributed by atoms with Gasteiger partial charge in [-0.25, -0.2) is 4.98 Å². The summed E-state index contributed by atoms with van der Waals surface area (Å²) in [5.41, 5.74) is 2.37. The van der Waals surface area contributed by atoms with E-state index in [0.29, 0.717) is 16.9 Å². The lowest BCUT2D eigenvalue weighted by Crippen LogP contribution is -2.29. The summed E-state index contributed by atoms with van der Waals surface area (Å²) >= 11 is 0. The number of hydrogen-bond donors (Lipinski definition) is 1. The van der Waals surface area contributed by atoms with Gasteiger partial charge in [0.05, 0.1) is 23.0 Å². The molecule has 3 heterocycles. The number of nitrogens with zero attached hydrogens (tertiary/aromatic N) is 3. The number of carbonyl (C=O) groups excluding carboxylic acids is 1. The van der Waals surface area contributed by atoms with Gasteiger partial charge < -0.3 is 10.2 Å². The predicted octanol–water partition coefficient (Wildman–Crippen LogP) is 5.03. The number of aromatic nitrogens is 2. The highest BCUT2D eigenvalue weighted by atomic mass is 16.1. The number of piperidine rings is 1. The van der Waals surface area contributed by atoms with Crippen LogP contribution in [0.2, 0.25) is 0 Å². The minimum atomic E-state index is -0.197. The SMILES string of the molecule is O=C(Nc1ccc(N2CCCCC2)cn1)c1cc2ccccc2c2cccnc12. The van der Waals surface area contributed by atoms with Gasteiger partial charge >= 0.3 is 0 Å². The number of benzene rings is 2. The molecule has 2 aromatic carbocycles. The highest BCUT2D eigenvalue weighted by Crippen LogP contribution is 2.28. The van der Waals surface area contributed by atoms with Crippen LogP contribution in [-0.2, 0) is 0 Å². The molecule has 5 heteroatoms. The second-order valence-electron chi connectivity index (χ2n) is 7.45. The maximum atomic E-state index is 13.1. The zero-order chi connectivity index (χ0) is 19.6. The first kappa shape index (κ1) is 17.6. The van der Waals surface area contributed by atoms with Gasteiger partial charge in [-0.05, 0) is 54.3 Å². The second kappa shape index (κ2) is 7.51. The van der Waals surface area contributed by atoms with Crippen LogP contribution in [0, 0.1) is 0 Å². The second-order valence-corrected chi connectivity index (χ2v) is 7.45. The standard InChI is InChI=1S/C24H22N4O/c29-24(27-22-11-10-18(16-26-22)28-13-4-1-5-14-28)21-15-17-7-2-3-8-19(17)20-9-6-12-25-23(20)21/h2-3,6-12,15-16H,1,4-5,13-14H2,(H,26,27,29). The van der Waals surface area contributed by atoms with Gasteiger partial charge in [0.1, 0.15) is 5.82 Å². The van der Waals surface area contributed by atoms with Crippen LogP contribution in [0.3, 0.4) is 0 Å². The first-order valence-corrected chi connectivity index (χ1v) is 10.1. The van der Waals surface area contributed by atoms with Crippen molar-refractivity contribution in [1.29, 1.82) is 0 Å². The lowest BCUT2D eigenvalue weighted by atomic mass is 10.0. The zero-order valence-electron chi connectivity index (χ0n) is 16.1. The smallest absolute Gasteiger partial charge is 0.259 e. The average Bonchev–Trinajstić information content (AvgIpc) is 2.79. The molecule has 1 N–H and O–H groups in total. The van der Waals surface area contributed by atoms with Crippen LogP contribution in [0.5, 0.6) is 0 Å². The Balaban J connectivity index is 1.45. The summed E-state index contributed by atoms with van der Waals surface area (Å²) in [7, 11) is 0. The monoisotopic (exact) mass is 382 g/mol. The van der Waals surface area contributed by atoms with E-state index < -0.39 is 0 Å². The Morgan fingerprint density at radius 2 is 1.72 bits per heavy atom. The molecule has 5 rings (SSSR count). The molecule has 1 fully saturated rings. The Morgan fingerprint density at radius 3 is 2.55 bits per heavy atom. The molecule has 0 bridgehead atoms. The van der Waals surface area contributed by atoms with E-state index in [9.17, 15) is 4.79 Å². The molecule has 29 heavy (non-hydrogen) atoms. The molecule has 0 saturated carbocycles. The van der Waals surface area contributed by atoms with Crippen molar-refractivity contribution < 1.29 is 4.79 Å². The van der Waals surface area contributed by atoms with E-state index in [2.05, 4.69) is 26.3 Å². The van der Waals surface area contributed by atoms with Gasteiger partial charge in [-0.2, -0.15) is 0 Å². The van der Waals surface area contributed by atoms with Gasteiger partial charge in [0.25, 0.3) is 5.91 Å². The number of fused-ring (bicyclic) bond motifs is 3. The van der Waals surface area contributed by atoms with Gasteiger partial charge in [0.15, 0.2) is 0 Å². The molecular formula is C24H22N4O. The van der Waals surface area contributed by atoms with Crippen molar-refractivity contribution in [3.05, 3.63) is 72.6 Å². The largest absolute Gasteiger partial charge is 0.370 e. The third-order valence-electron chi connectivity index (χ3n) is 5.57. The average molecular weight is 382 g/mol. The molecule has 1 aliphatic rings. The number of carbonyl (C=O) groups is 1. The molecule has 0 atom stereocenters. The Kier molecular flexibility index (Phi) is 4.56. The fourth-order valence-corrected chi connectivity index (χ4v) is 4.09. The number of amides is 1. The Labute approximate surface area is 169 Å². The van der Waals surface area contributed by atoms with Crippen molar-refractivity contribution in [1.82, 2.24) is 9.97 Å². The number of pyridine rings is 2. The zero-order valence-corrected chi connectivity index (χ0v) is 16.1. The molecule has 0 unspecified atom stereocenters. The van der Waals surface area contributed by atoms with E-state index in [1.54, 1.807) is 6.20 Å². The molecule has 0 aliphatic carbocycles. The third kappa shape index (κ3) is 3.40. The molecule has 1 aliphatic heterocycles. The minimum absolute atomic E-state index is 0.197. The fraction of sp³-hybridized carbons (Fsp3) is 0.208. The van der Waals surface area contributed by atoms with E-state index in [-0.39, 0.29) is 5.91 Å². The Morgan fingerprint density at radius 1 is 0.897 bits per heavy atom. The summed E-state index contributed by atoms with van der Waals surface area (Å²) in [6.45, 7) is 2.14. The molecule has 1 saturated heterocycles. The van der Waals surface area contributed by atoms with Gasteiger partial charge in [0, 0.05) is 24.7 Å². The molecule has 1 amide bonds. The first-order valence-electron chi connectivity index (χ1n) is 10.1. The lowest BCUT2D eigenvalue weighted by Gasteiger charge is -2.28. The molecule has 2 aromatic heterocycles. The van der Waals surface area contributed by atoms with Gasteiger partial charge in [0.2, 0.25) is 0 Å². The highest BCUT2D eigenvalue weighted by molar-refractivity contribution is 6.18. The summed E-state index contributed by atoms with van der Waals surface area (Å²) in [5, 5.41) is 6.03. The molecular weight excluding hydrogens is 360 g/mol. The van der Waals surface area contributed by atoms with Crippen LogP contribution < -0.4 is 10.2 Å². The lowest BCUT2D eigenvalue weighted by molar-refractivity contribution is 0.102. The van der Waals surface area contributed by atoms with Gasteiger partial charge in [-0.3, -0.25) is 9.78 Å². The van der Waals surface area contributed by atoms with Gasteiger partial charge in [-0.15, -0.1) is 0 Å². The van der Waals surface area contributed by atoms with Crippen LogP contribution in [0.15, 0.2) is 67.0 Å². The van der Waals surface area contributed by atoms with Crippen LogP contribution in [0.4, 0.5) is 11.5 Å². The summed E-state index contributed by atoms with van der Waals surface area (Å²) in [5.74, 6) is 0.352. The van der Waals surface area contributed by atoms with Gasteiger partial charge in [-0.1, -0.05) is 30.3 Å². The van der Waals surface area contributed by atoms with Crippen LogP contribution >= 0.6 is 0 Å². The van der Waals surface area contributed by atoms with Crippen molar-refractivity contribution >= 4 is 39.1 Å². The third-order valence-corrected chi connectivity index (χ3v) is 5.57. The predicted molar refractivity (Wildman–Crippen MR) is 118 cm³/mol. The molecule has 0 spiro atoms. The molecule has 144 valence electrons. The van der Waals surface area contributed by atoms with Crippen LogP contribution in [-0.4, -0.2) is 29.0 Å². The summed E-state index contributed by atoms with van der Waals surface area (Å²) < 4.78 is 0. The summed E-state index contributed by atoms with van der Waals surface area (Å²) in [4.78, 5) is 24.4. The maximum absolute atomic E-state index is 13.1. The van der Waals surface area contributed by atoms with Crippen molar-refractivity contribution in [2.45, 2.75) is 19.3 Å². The quantitative estimate of drug-likeness (QED) is 0.505. The molecule has 5 nitrogen and oxygen atoms in total. The van der Waals surface area contributed by atoms with E-state index in [1.165, 1.54) is 19.3 Å². The Hall–Kier alpha value is -3.47. The van der Waals surface area contributed by atoms with E-state index in [1.807, 2.05) is 54.7 Å². The first-order chi connectivity index (χ1) is 14.3. The summed E-state index contributed by atoms with van der Waals surface area (Å²) in [6, 6.07) is 17.8.